The zero-order valence-electron chi connectivity index (χ0n) is 8.62. The molecule has 1 fully saturated rings. The smallest absolute Gasteiger partial charge is 0.275 e. The fourth-order valence-corrected chi connectivity index (χ4v) is 2.56. The maximum absolute atomic E-state index is 12.9. The molecule has 0 atom stereocenters. The number of benzene rings is 1. The van der Waals surface area contributed by atoms with Crippen molar-refractivity contribution in [2.24, 2.45) is 5.73 Å². The summed E-state index contributed by atoms with van der Waals surface area (Å²) in [5, 5.41) is 10.9. The Balaban J connectivity index is 2.49. The minimum Gasteiger partial charge on any atom is -0.321 e. The Labute approximate surface area is 101 Å². The fraction of sp³-hybridized carbons (Fsp3) is 0.400. The van der Waals surface area contributed by atoms with Gasteiger partial charge >= 0.3 is 0 Å². The van der Waals surface area contributed by atoms with E-state index in [0.29, 0.717) is 0 Å². The first-order valence-electron chi connectivity index (χ1n) is 4.85. The molecule has 1 saturated carbocycles. The number of hydrogen-bond donors (Lipinski definition) is 1. The summed E-state index contributed by atoms with van der Waals surface area (Å²) in [7, 11) is 0. The maximum Gasteiger partial charge on any atom is 0.275 e. The molecule has 0 spiro atoms. The Hall–Kier alpha value is -1.27. The normalized spacial score (nSPS) is 20.7. The van der Waals surface area contributed by atoms with Gasteiger partial charge < -0.3 is 5.73 Å². The van der Waals surface area contributed by atoms with Gasteiger partial charge in [-0.25, -0.2) is 8.78 Å². The molecule has 0 aliphatic heterocycles. The van der Waals surface area contributed by atoms with Crippen molar-refractivity contribution in [3.8, 4) is 0 Å². The van der Waals surface area contributed by atoms with Gasteiger partial charge in [0.2, 0.25) is 0 Å². The monoisotopic (exact) mass is 262 g/mol. The van der Waals surface area contributed by atoms with E-state index in [0.717, 1.165) is 0 Å². The molecule has 0 amide bonds. The van der Waals surface area contributed by atoms with Crippen LogP contribution in [-0.2, 0) is 5.54 Å². The molecule has 92 valence electrons. The van der Waals surface area contributed by atoms with Crippen LogP contribution in [0.4, 0.5) is 14.5 Å². The topological polar surface area (TPSA) is 69.2 Å². The third-order valence-corrected chi connectivity index (χ3v) is 3.15. The molecule has 1 aromatic carbocycles. The number of rotatable bonds is 2. The van der Waals surface area contributed by atoms with Crippen molar-refractivity contribution in [2.45, 2.75) is 24.3 Å². The van der Waals surface area contributed by atoms with Crippen LogP contribution in [0.3, 0.4) is 0 Å². The highest BCUT2D eigenvalue weighted by Gasteiger charge is 2.57. The quantitative estimate of drug-likeness (QED) is 0.658. The van der Waals surface area contributed by atoms with Gasteiger partial charge in [-0.3, -0.25) is 10.1 Å². The van der Waals surface area contributed by atoms with Crippen LogP contribution in [0.5, 0.6) is 0 Å². The average Bonchev–Trinajstić information content (AvgIpc) is 2.13. The Bertz CT molecular complexity index is 485. The highest BCUT2D eigenvalue weighted by atomic mass is 35.5. The lowest BCUT2D eigenvalue weighted by Crippen LogP contribution is -2.55. The second kappa shape index (κ2) is 3.61. The van der Waals surface area contributed by atoms with E-state index in [-0.39, 0.29) is 16.3 Å². The molecule has 2 rings (SSSR count). The number of nitro groups is 1. The maximum atomic E-state index is 12.9. The van der Waals surface area contributed by atoms with Gasteiger partial charge in [0.1, 0.15) is 0 Å². The molecule has 1 aliphatic rings. The number of nitro benzene ring substituents is 1. The molecule has 0 heterocycles. The number of hydrogen-bond acceptors (Lipinski definition) is 3. The molecule has 2 N–H and O–H groups in total. The first-order valence-corrected chi connectivity index (χ1v) is 5.23. The summed E-state index contributed by atoms with van der Waals surface area (Å²) in [4.78, 5) is 10.2. The van der Waals surface area contributed by atoms with Crippen LogP contribution in [0, 0.1) is 10.1 Å². The lowest BCUT2D eigenvalue weighted by molar-refractivity contribution is -0.386. The van der Waals surface area contributed by atoms with Crippen LogP contribution in [0.15, 0.2) is 18.2 Å². The Kier molecular flexibility index (Phi) is 2.59. The predicted octanol–water partition coefficient (Wildman–Crippen LogP) is 2.83. The van der Waals surface area contributed by atoms with E-state index in [2.05, 4.69) is 0 Å². The molecular weight excluding hydrogens is 254 g/mol. The minimum absolute atomic E-state index is 0.00223. The van der Waals surface area contributed by atoms with E-state index >= 15 is 0 Å². The van der Waals surface area contributed by atoms with Gasteiger partial charge in [0.25, 0.3) is 11.6 Å². The lowest BCUT2D eigenvalue weighted by atomic mass is 9.69. The molecule has 4 nitrogen and oxygen atoms in total. The van der Waals surface area contributed by atoms with Crippen LogP contribution < -0.4 is 5.73 Å². The largest absolute Gasteiger partial charge is 0.321 e. The third kappa shape index (κ3) is 1.98. The molecule has 0 aromatic heterocycles. The van der Waals surface area contributed by atoms with Gasteiger partial charge in [-0.1, -0.05) is 17.7 Å². The Morgan fingerprint density at radius 2 is 2.00 bits per heavy atom. The molecular formula is C10H9ClF2N2O2. The number of nitrogens with zero attached hydrogens (tertiary/aromatic N) is 1. The summed E-state index contributed by atoms with van der Waals surface area (Å²) in [6.45, 7) is 0. The SMILES string of the molecule is NC1(c2c(Cl)cccc2[N+](=O)[O-])CC(F)(F)C1. The van der Waals surface area contributed by atoms with Crippen molar-refractivity contribution < 1.29 is 13.7 Å². The van der Waals surface area contributed by atoms with Gasteiger partial charge in [-0.15, -0.1) is 0 Å². The summed E-state index contributed by atoms with van der Waals surface area (Å²) in [5.41, 5.74) is 4.05. The third-order valence-electron chi connectivity index (χ3n) is 2.83. The summed E-state index contributed by atoms with van der Waals surface area (Å²) in [6, 6.07) is 4.02. The molecule has 17 heavy (non-hydrogen) atoms. The minimum atomic E-state index is -2.87. The van der Waals surface area contributed by atoms with E-state index < -0.39 is 29.2 Å². The molecule has 7 heteroatoms. The van der Waals surface area contributed by atoms with Crippen LogP contribution in [0.1, 0.15) is 18.4 Å². The zero-order chi connectivity index (χ0) is 12.8. The molecule has 0 unspecified atom stereocenters. The summed E-state index contributed by atoms with van der Waals surface area (Å²) >= 11 is 5.83. The molecule has 0 saturated heterocycles. The Morgan fingerprint density at radius 3 is 2.47 bits per heavy atom. The standard InChI is InChI=1S/C10H9ClF2N2O2/c11-6-2-1-3-7(15(16)17)8(6)9(14)4-10(12,13)5-9/h1-3H,4-5,14H2. The van der Waals surface area contributed by atoms with E-state index in [4.69, 9.17) is 17.3 Å². The van der Waals surface area contributed by atoms with Gasteiger partial charge in [-0.05, 0) is 6.07 Å². The van der Waals surface area contributed by atoms with Crippen molar-refractivity contribution in [1.29, 1.82) is 0 Å². The average molecular weight is 263 g/mol. The van der Waals surface area contributed by atoms with Crippen molar-refractivity contribution in [3.63, 3.8) is 0 Å². The first-order chi connectivity index (χ1) is 7.75. The highest BCUT2D eigenvalue weighted by Crippen LogP contribution is 2.53. The van der Waals surface area contributed by atoms with Gasteiger partial charge in [0.05, 0.1) is 21.0 Å². The lowest BCUT2D eigenvalue weighted by Gasteiger charge is -2.44. The summed E-state index contributed by atoms with van der Waals surface area (Å²) in [6.07, 6.45) is -1.24. The number of nitrogens with two attached hydrogens (primary N) is 1. The highest BCUT2D eigenvalue weighted by molar-refractivity contribution is 6.31. The van der Waals surface area contributed by atoms with E-state index in [1.165, 1.54) is 18.2 Å². The zero-order valence-corrected chi connectivity index (χ0v) is 9.38. The molecule has 1 aliphatic carbocycles. The van der Waals surface area contributed by atoms with Crippen LogP contribution in [0.2, 0.25) is 5.02 Å². The second-order valence-electron chi connectivity index (χ2n) is 4.26. The van der Waals surface area contributed by atoms with Gasteiger partial charge in [0.15, 0.2) is 0 Å². The van der Waals surface area contributed by atoms with Crippen LogP contribution in [-0.4, -0.2) is 10.8 Å². The Morgan fingerprint density at radius 1 is 1.41 bits per heavy atom. The van der Waals surface area contributed by atoms with Crippen LogP contribution in [0.25, 0.3) is 0 Å². The molecule has 0 bridgehead atoms. The van der Waals surface area contributed by atoms with Crippen molar-refractivity contribution in [2.75, 3.05) is 0 Å². The summed E-state index contributed by atoms with van der Waals surface area (Å²) < 4.78 is 25.8. The number of halogens is 3. The van der Waals surface area contributed by atoms with Crippen molar-refractivity contribution in [3.05, 3.63) is 38.9 Å². The van der Waals surface area contributed by atoms with Gasteiger partial charge in [0, 0.05) is 18.9 Å². The van der Waals surface area contributed by atoms with Gasteiger partial charge in [-0.2, -0.15) is 0 Å². The first kappa shape index (κ1) is 12.2. The van der Waals surface area contributed by atoms with Crippen LogP contribution >= 0.6 is 11.6 Å². The van der Waals surface area contributed by atoms with E-state index in [1.54, 1.807) is 0 Å². The molecule has 1 aromatic rings. The molecule has 0 radical (unpaired) electrons. The summed E-state index contributed by atoms with van der Waals surface area (Å²) in [5.74, 6) is -2.87. The fourth-order valence-electron chi connectivity index (χ4n) is 2.21. The van der Waals surface area contributed by atoms with E-state index in [1.807, 2.05) is 0 Å². The van der Waals surface area contributed by atoms with Crippen molar-refractivity contribution in [1.82, 2.24) is 0 Å². The second-order valence-corrected chi connectivity index (χ2v) is 4.66. The predicted molar refractivity (Wildman–Crippen MR) is 58.2 cm³/mol. The van der Waals surface area contributed by atoms with Crippen molar-refractivity contribution >= 4 is 17.3 Å². The number of alkyl halides is 2. The van der Waals surface area contributed by atoms with E-state index in [9.17, 15) is 18.9 Å².